The van der Waals surface area contributed by atoms with E-state index in [-0.39, 0.29) is 0 Å². The molecule has 0 unspecified atom stereocenters. The summed E-state index contributed by atoms with van der Waals surface area (Å²) in [6, 6.07) is 83.5. The molecule has 0 bridgehead atoms. The van der Waals surface area contributed by atoms with Crippen molar-refractivity contribution in [2.24, 2.45) is 0 Å². The van der Waals surface area contributed by atoms with E-state index in [2.05, 4.69) is 218 Å². The molecule has 0 saturated carbocycles. The first kappa shape index (κ1) is 35.0. The SMILES string of the molecule is c1ccc(-c2cc(-c3ccccc3)nc(-c3cccc4c5ccccc5c5cc(-c6ccc7c(c6)C(c6ccccc6)(c6ccccc6)c6ccccc6-7)ccc5c34)n2)cc1. The van der Waals surface area contributed by atoms with Crippen LogP contribution in [-0.4, -0.2) is 9.97 Å². The predicted octanol–water partition coefficient (Wildman–Crippen LogP) is 15.0. The van der Waals surface area contributed by atoms with Crippen molar-refractivity contribution in [3.05, 3.63) is 253 Å². The number of fused-ring (bicyclic) bond motifs is 9. The average molecular weight is 775 g/mol. The molecule has 2 heteroatoms. The first-order chi connectivity index (χ1) is 30.3. The summed E-state index contributed by atoms with van der Waals surface area (Å²) >= 11 is 0. The smallest absolute Gasteiger partial charge is 0.161 e. The van der Waals surface area contributed by atoms with Gasteiger partial charge in [-0.15, -0.1) is 0 Å². The van der Waals surface area contributed by atoms with Crippen LogP contribution >= 0.6 is 0 Å². The number of hydrogen-bond acceptors (Lipinski definition) is 2. The maximum atomic E-state index is 5.30. The Bertz CT molecular complexity index is 3350. The van der Waals surface area contributed by atoms with E-state index >= 15 is 0 Å². The maximum Gasteiger partial charge on any atom is 0.161 e. The quantitative estimate of drug-likeness (QED) is 0.157. The van der Waals surface area contributed by atoms with Gasteiger partial charge in [0.15, 0.2) is 5.82 Å². The fourth-order valence-electron chi connectivity index (χ4n) is 10.1. The van der Waals surface area contributed by atoms with Gasteiger partial charge >= 0.3 is 0 Å². The van der Waals surface area contributed by atoms with Crippen LogP contribution < -0.4 is 0 Å². The second kappa shape index (κ2) is 14.1. The molecule has 10 aromatic carbocycles. The Kier molecular flexibility index (Phi) is 8.11. The molecule has 0 N–H and O–H groups in total. The second-order valence-electron chi connectivity index (χ2n) is 16.0. The van der Waals surface area contributed by atoms with Gasteiger partial charge in [-0.25, -0.2) is 9.97 Å². The molecule has 2 nitrogen and oxygen atoms in total. The van der Waals surface area contributed by atoms with Gasteiger partial charge in [-0.1, -0.05) is 212 Å². The summed E-state index contributed by atoms with van der Waals surface area (Å²) in [6.07, 6.45) is 0. The van der Waals surface area contributed by atoms with E-state index in [1.165, 1.54) is 71.4 Å². The minimum absolute atomic E-state index is 0.466. The molecule has 0 radical (unpaired) electrons. The highest BCUT2D eigenvalue weighted by atomic mass is 14.9. The van der Waals surface area contributed by atoms with E-state index in [4.69, 9.17) is 9.97 Å². The van der Waals surface area contributed by atoms with E-state index in [1.54, 1.807) is 0 Å². The van der Waals surface area contributed by atoms with Gasteiger partial charge in [-0.2, -0.15) is 0 Å². The number of aromatic nitrogens is 2. The van der Waals surface area contributed by atoms with Crippen molar-refractivity contribution < 1.29 is 0 Å². The lowest BCUT2D eigenvalue weighted by molar-refractivity contribution is 0.769. The van der Waals surface area contributed by atoms with Crippen LogP contribution in [0.2, 0.25) is 0 Å². The van der Waals surface area contributed by atoms with Crippen LogP contribution in [0.4, 0.5) is 0 Å². The molecule has 0 spiro atoms. The summed E-state index contributed by atoms with van der Waals surface area (Å²) in [5, 5.41) is 7.17. The monoisotopic (exact) mass is 774 g/mol. The highest BCUT2D eigenvalue weighted by Gasteiger charge is 2.46. The zero-order valence-corrected chi connectivity index (χ0v) is 33.3. The molecular formula is C59H38N2. The van der Waals surface area contributed by atoms with E-state index in [1.807, 2.05) is 12.1 Å². The van der Waals surface area contributed by atoms with Crippen LogP contribution in [0, 0.1) is 0 Å². The molecule has 1 heterocycles. The average Bonchev–Trinajstić information content (AvgIpc) is 3.65. The van der Waals surface area contributed by atoms with Crippen molar-refractivity contribution in [3.63, 3.8) is 0 Å². The molecule has 0 fully saturated rings. The number of hydrogen-bond donors (Lipinski definition) is 0. The lowest BCUT2D eigenvalue weighted by Gasteiger charge is -2.34. The molecule has 1 aromatic heterocycles. The van der Waals surface area contributed by atoms with E-state index in [0.29, 0.717) is 5.82 Å². The molecule has 1 aliphatic carbocycles. The summed E-state index contributed by atoms with van der Waals surface area (Å²) in [5.41, 5.74) is 14.5. The first-order valence-corrected chi connectivity index (χ1v) is 21.0. The van der Waals surface area contributed by atoms with Crippen molar-refractivity contribution >= 4 is 32.3 Å². The first-order valence-electron chi connectivity index (χ1n) is 21.0. The summed E-state index contributed by atoms with van der Waals surface area (Å²) in [5.74, 6) is 0.711. The summed E-state index contributed by atoms with van der Waals surface area (Å²) in [7, 11) is 0. The van der Waals surface area contributed by atoms with Crippen molar-refractivity contribution in [2.45, 2.75) is 5.41 Å². The second-order valence-corrected chi connectivity index (χ2v) is 16.0. The van der Waals surface area contributed by atoms with Crippen LogP contribution in [0.3, 0.4) is 0 Å². The van der Waals surface area contributed by atoms with E-state index in [0.717, 1.165) is 33.5 Å². The third-order valence-electron chi connectivity index (χ3n) is 12.8. The molecule has 12 rings (SSSR count). The Balaban J connectivity index is 1.10. The summed E-state index contributed by atoms with van der Waals surface area (Å²) < 4.78 is 0. The van der Waals surface area contributed by atoms with Crippen LogP contribution in [-0.2, 0) is 5.41 Å². The van der Waals surface area contributed by atoms with Gasteiger partial charge in [-0.3, -0.25) is 0 Å². The van der Waals surface area contributed by atoms with Crippen LogP contribution in [0.1, 0.15) is 22.3 Å². The molecular weight excluding hydrogens is 737 g/mol. The van der Waals surface area contributed by atoms with Crippen molar-refractivity contribution in [3.8, 4) is 56.2 Å². The zero-order valence-electron chi connectivity index (χ0n) is 33.3. The van der Waals surface area contributed by atoms with Gasteiger partial charge < -0.3 is 0 Å². The van der Waals surface area contributed by atoms with Crippen molar-refractivity contribution in [1.29, 1.82) is 0 Å². The molecule has 61 heavy (non-hydrogen) atoms. The topological polar surface area (TPSA) is 25.8 Å². The molecule has 11 aromatic rings. The van der Waals surface area contributed by atoms with E-state index in [9.17, 15) is 0 Å². The van der Waals surface area contributed by atoms with Gasteiger partial charge in [0, 0.05) is 22.1 Å². The lowest BCUT2D eigenvalue weighted by atomic mass is 9.67. The Morgan fingerprint density at radius 1 is 0.279 bits per heavy atom. The molecule has 0 saturated heterocycles. The Labute approximate surface area is 355 Å². The van der Waals surface area contributed by atoms with Gasteiger partial charge in [0.1, 0.15) is 0 Å². The number of benzene rings is 10. The Hall–Kier alpha value is -7.94. The van der Waals surface area contributed by atoms with Crippen LogP contribution in [0.15, 0.2) is 231 Å². The van der Waals surface area contributed by atoms with Crippen molar-refractivity contribution in [1.82, 2.24) is 9.97 Å². The molecule has 0 atom stereocenters. The molecule has 0 amide bonds. The highest BCUT2D eigenvalue weighted by Crippen LogP contribution is 2.57. The largest absolute Gasteiger partial charge is 0.228 e. The van der Waals surface area contributed by atoms with Gasteiger partial charge in [0.2, 0.25) is 0 Å². The zero-order chi connectivity index (χ0) is 40.3. The normalized spacial score (nSPS) is 12.7. The van der Waals surface area contributed by atoms with Crippen LogP contribution in [0.5, 0.6) is 0 Å². The summed E-state index contributed by atoms with van der Waals surface area (Å²) in [4.78, 5) is 10.6. The van der Waals surface area contributed by atoms with Gasteiger partial charge in [0.05, 0.1) is 16.8 Å². The molecule has 0 aliphatic heterocycles. The number of rotatable bonds is 6. The minimum atomic E-state index is -0.466. The molecule has 1 aliphatic rings. The van der Waals surface area contributed by atoms with Crippen molar-refractivity contribution in [2.75, 3.05) is 0 Å². The van der Waals surface area contributed by atoms with Gasteiger partial charge in [0.25, 0.3) is 0 Å². The third-order valence-corrected chi connectivity index (χ3v) is 12.8. The Morgan fingerprint density at radius 3 is 1.41 bits per heavy atom. The predicted molar refractivity (Wildman–Crippen MR) is 254 cm³/mol. The third kappa shape index (κ3) is 5.50. The Morgan fingerprint density at radius 2 is 0.754 bits per heavy atom. The van der Waals surface area contributed by atoms with E-state index < -0.39 is 5.41 Å². The fourth-order valence-corrected chi connectivity index (χ4v) is 10.1. The minimum Gasteiger partial charge on any atom is -0.228 e. The highest BCUT2D eigenvalue weighted by molar-refractivity contribution is 6.28. The maximum absolute atomic E-state index is 5.30. The summed E-state index contributed by atoms with van der Waals surface area (Å²) in [6.45, 7) is 0. The van der Waals surface area contributed by atoms with Gasteiger partial charge in [-0.05, 0) is 89.6 Å². The lowest BCUT2D eigenvalue weighted by Crippen LogP contribution is -2.28. The number of nitrogens with zero attached hydrogens (tertiary/aromatic N) is 2. The molecule has 284 valence electrons. The van der Waals surface area contributed by atoms with Crippen LogP contribution in [0.25, 0.3) is 88.5 Å². The standard InChI is InChI=1S/C59H38N2/c1-5-18-39(19-6-1)55-38-56(40-20-7-2-8-21-40)61-58(60-55)51-30-17-29-49-45-26-13-14-27-46(45)52-36-41(33-35-50(52)57(49)51)42-32-34-48-47-28-15-16-31-53(47)59(54(48)37-42,43-22-9-3-10-23-43)44-24-11-4-12-25-44/h1-38H. The fraction of sp³-hybridized carbons (Fsp3) is 0.0169.